The summed E-state index contributed by atoms with van der Waals surface area (Å²) in [6.45, 7) is 3.56. The maximum absolute atomic E-state index is 13.6. The van der Waals surface area contributed by atoms with Gasteiger partial charge in [0.25, 0.3) is 5.91 Å². The molecule has 4 aromatic rings. The van der Waals surface area contributed by atoms with E-state index in [-0.39, 0.29) is 11.9 Å². The Labute approximate surface area is 225 Å². The largest absolute Gasteiger partial charge is 0.317 e. The molecule has 1 aliphatic heterocycles. The minimum Gasteiger partial charge on any atom is -0.317 e. The maximum atomic E-state index is 13.6. The molecule has 1 saturated carbocycles. The van der Waals surface area contributed by atoms with Gasteiger partial charge in [-0.3, -0.25) is 9.69 Å². The van der Waals surface area contributed by atoms with Crippen molar-refractivity contribution in [2.75, 3.05) is 11.4 Å². The van der Waals surface area contributed by atoms with Gasteiger partial charge < -0.3 is 9.88 Å². The number of benzene rings is 2. The minimum atomic E-state index is -0.0923. The summed E-state index contributed by atoms with van der Waals surface area (Å²) in [4.78, 5) is 19.8. The predicted molar refractivity (Wildman–Crippen MR) is 146 cm³/mol. The predicted octanol–water partition coefficient (Wildman–Crippen LogP) is 6.07. The van der Waals surface area contributed by atoms with Crippen LogP contribution in [-0.2, 0) is 13.6 Å². The fraction of sp³-hybridized carbons (Fsp3) is 0.286. The van der Waals surface area contributed by atoms with Crippen LogP contribution in [0.4, 0.5) is 5.82 Å². The molecule has 188 valence electrons. The number of anilines is 1. The smallest absolute Gasteiger partial charge is 0.260 e. The third-order valence-electron chi connectivity index (χ3n) is 7.15. The second-order valence-corrected chi connectivity index (χ2v) is 10.7. The van der Waals surface area contributed by atoms with Gasteiger partial charge in [0.05, 0.1) is 6.54 Å². The van der Waals surface area contributed by atoms with Gasteiger partial charge in [-0.1, -0.05) is 41.4 Å². The minimum absolute atomic E-state index is 0.0923. The zero-order chi connectivity index (χ0) is 25.7. The van der Waals surface area contributed by atoms with Crippen LogP contribution >= 0.6 is 23.2 Å². The molecule has 1 atom stereocenters. The Morgan fingerprint density at radius 3 is 2.65 bits per heavy atom. The average molecular weight is 533 g/mol. The first-order valence-corrected chi connectivity index (χ1v) is 13.1. The number of hydrogen-bond acceptors (Lipinski definition) is 5. The van der Waals surface area contributed by atoms with Gasteiger partial charge >= 0.3 is 0 Å². The fourth-order valence-corrected chi connectivity index (χ4v) is 5.19. The molecule has 0 spiro atoms. The molecule has 1 unspecified atom stereocenters. The lowest BCUT2D eigenvalue weighted by Crippen LogP contribution is -2.25. The molecule has 0 radical (unpaired) electrons. The number of halogens is 2. The maximum Gasteiger partial charge on any atom is 0.260 e. The molecule has 1 amide bonds. The highest BCUT2D eigenvalue weighted by molar-refractivity contribution is 6.31. The first kappa shape index (κ1) is 24.1. The van der Waals surface area contributed by atoms with E-state index in [0.29, 0.717) is 33.9 Å². The molecule has 9 heteroatoms. The van der Waals surface area contributed by atoms with Crippen molar-refractivity contribution < 1.29 is 4.79 Å². The fourth-order valence-electron chi connectivity index (χ4n) is 4.81. The third kappa shape index (κ3) is 4.75. The topological polar surface area (TPSA) is 75.9 Å². The molecule has 37 heavy (non-hydrogen) atoms. The summed E-state index contributed by atoms with van der Waals surface area (Å²) in [5.41, 5.74) is 5.30. The highest BCUT2D eigenvalue weighted by Gasteiger charge is 2.31. The van der Waals surface area contributed by atoms with E-state index in [2.05, 4.69) is 27.4 Å². The Balaban J connectivity index is 1.31. The van der Waals surface area contributed by atoms with Gasteiger partial charge in [-0.05, 0) is 84.8 Å². The van der Waals surface area contributed by atoms with Crippen LogP contribution < -0.4 is 10.2 Å². The summed E-state index contributed by atoms with van der Waals surface area (Å²) < 4.78 is 1.85. The van der Waals surface area contributed by atoms with Crippen molar-refractivity contribution in [2.45, 2.75) is 32.4 Å². The van der Waals surface area contributed by atoms with Crippen molar-refractivity contribution in [2.24, 2.45) is 13.0 Å². The molecule has 7 nitrogen and oxygen atoms in total. The van der Waals surface area contributed by atoms with Gasteiger partial charge in [0.2, 0.25) is 0 Å². The van der Waals surface area contributed by atoms with E-state index in [9.17, 15) is 4.79 Å². The number of nitrogens with one attached hydrogen (secondary N) is 1. The highest BCUT2D eigenvalue weighted by Crippen LogP contribution is 2.37. The normalized spacial score (nSPS) is 15.8. The van der Waals surface area contributed by atoms with Crippen LogP contribution in [-0.4, -0.2) is 32.2 Å². The van der Waals surface area contributed by atoms with Gasteiger partial charge in [-0.15, -0.1) is 10.2 Å². The number of nitrogens with zero attached hydrogens (tertiary/aromatic N) is 5. The van der Waals surface area contributed by atoms with Gasteiger partial charge in [-0.2, -0.15) is 0 Å². The van der Waals surface area contributed by atoms with Gasteiger partial charge in [0, 0.05) is 29.2 Å². The molecule has 2 aliphatic rings. The molecule has 1 aliphatic carbocycles. The number of hydrogen-bond donors (Lipinski definition) is 1. The number of aryl methyl sites for hydroxylation is 1. The van der Waals surface area contributed by atoms with Crippen LogP contribution in [0.25, 0.3) is 22.5 Å². The van der Waals surface area contributed by atoms with E-state index in [1.165, 1.54) is 12.8 Å². The Morgan fingerprint density at radius 2 is 1.89 bits per heavy atom. The number of carbonyl (C=O) groups is 1. The van der Waals surface area contributed by atoms with Crippen LogP contribution in [0.2, 0.25) is 10.2 Å². The Morgan fingerprint density at radius 1 is 1.05 bits per heavy atom. The highest BCUT2D eigenvalue weighted by atomic mass is 35.5. The van der Waals surface area contributed by atoms with E-state index in [1.54, 1.807) is 11.2 Å². The number of carbonyl (C=O) groups excluding carboxylic acids is 1. The summed E-state index contributed by atoms with van der Waals surface area (Å²) in [6.07, 6.45) is 4.24. The van der Waals surface area contributed by atoms with Crippen LogP contribution in [0.3, 0.4) is 0 Å². The number of rotatable bonds is 7. The third-order valence-corrected chi connectivity index (χ3v) is 7.58. The van der Waals surface area contributed by atoms with E-state index in [4.69, 9.17) is 23.2 Å². The Hall–Kier alpha value is -3.26. The molecular formula is C28H26Cl2N6O. The Bertz CT molecular complexity index is 1510. The van der Waals surface area contributed by atoms with E-state index < -0.39 is 0 Å². The molecule has 1 fully saturated rings. The zero-order valence-corrected chi connectivity index (χ0v) is 22.1. The Kier molecular flexibility index (Phi) is 6.23. The second kappa shape index (κ2) is 9.56. The van der Waals surface area contributed by atoms with E-state index in [0.717, 1.165) is 40.3 Å². The monoisotopic (exact) mass is 532 g/mol. The summed E-state index contributed by atoms with van der Waals surface area (Å²) in [5, 5.41) is 12.8. The van der Waals surface area contributed by atoms with Gasteiger partial charge in [0.1, 0.15) is 17.3 Å². The quantitative estimate of drug-likeness (QED) is 0.292. The van der Waals surface area contributed by atoms with Crippen LogP contribution in [0.15, 0.2) is 54.9 Å². The second-order valence-electron chi connectivity index (χ2n) is 9.87. The number of pyridine rings is 1. The summed E-state index contributed by atoms with van der Waals surface area (Å²) in [6, 6.07) is 15.6. The van der Waals surface area contributed by atoms with Crippen molar-refractivity contribution in [1.82, 2.24) is 25.1 Å². The van der Waals surface area contributed by atoms with E-state index >= 15 is 0 Å². The van der Waals surface area contributed by atoms with Crippen LogP contribution in [0.1, 0.15) is 47.3 Å². The molecule has 0 bridgehead atoms. The van der Waals surface area contributed by atoms with Crippen molar-refractivity contribution >= 4 is 34.9 Å². The lowest BCUT2D eigenvalue weighted by atomic mass is 9.96. The number of aromatic nitrogens is 4. The van der Waals surface area contributed by atoms with Crippen LogP contribution in [0, 0.1) is 5.92 Å². The molecule has 3 heterocycles. The molecule has 2 aromatic heterocycles. The van der Waals surface area contributed by atoms with Crippen molar-refractivity contribution in [3.8, 4) is 22.5 Å². The van der Waals surface area contributed by atoms with Crippen molar-refractivity contribution in [3.05, 3.63) is 81.7 Å². The zero-order valence-electron chi connectivity index (χ0n) is 20.6. The average Bonchev–Trinajstić information content (AvgIpc) is 3.53. The number of amides is 1. The van der Waals surface area contributed by atoms with Crippen molar-refractivity contribution in [1.29, 1.82) is 0 Å². The molecule has 1 N–H and O–H groups in total. The van der Waals surface area contributed by atoms with Gasteiger partial charge in [0.15, 0.2) is 5.82 Å². The molecule has 2 aromatic carbocycles. The van der Waals surface area contributed by atoms with Crippen molar-refractivity contribution in [3.63, 3.8) is 0 Å². The summed E-state index contributed by atoms with van der Waals surface area (Å²) in [7, 11) is 1.89. The lowest BCUT2D eigenvalue weighted by molar-refractivity contribution is 0.0996. The molecule has 6 rings (SSSR count). The molecule has 0 saturated heterocycles. The standard InChI is InChI=1S/C28H26Cl2N6O/c1-16(31-13-17-3-4-17)20-10-25(30)33-26(11-20)36-14-19-6-5-18(9-23(19)28(36)37)22-8-7-21(29)12-24(22)27-34-32-15-35(27)2/h5-12,15-17,31H,3-4,13-14H2,1-2H3. The SMILES string of the molecule is CC(NCC1CC1)c1cc(Cl)nc(N2Cc3ccc(-c4ccc(Cl)cc4-c4nncn4C)cc3C2=O)c1. The first-order valence-electron chi connectivity index (χ1n) is 12.4. The first-order chi connectivity index (χ1) is 17.9. The van der Waals surface area contributed by atoms with E-state index in [1.807, 2.05) is 60.1 Å². The summed E-state index contributed by atoms with van der Waals surface area (Å²) >= 11 is 12.7. The summed E-state index contributed by atoms with van der Waals surface area (Å²) in [5.74, 6) is 1.95. The van der Waals surface area contributed by atoms with Gasteiger partial charge in [-0.25, -0.2) is 4.98 Å². The molecular weight excluding hydrogens is 507 g/mol. The number of fused-ring (bicyclic) bond motifs is 1. The lowest BCUT2D eigenvalue weighted by Gasteiger charge is -2.19. The van der Waals surface area contributed by atoms with Crippen LogP contribution in [0.5, 0.6) is 0 Å².